The smallest absolute Gasteiger partial charge is 0.335 e. The highest BCUT2D eigenvalue weighted by atomic mass is 16.4. The second-order valence-electron chi connectivity index (χ2n) is 3.73. The van der Waals surface area contributed by atoms with Crippen molar-refractivity contribution in [3.63, 3.8) is 0 Å². The third kappa shape index (κ3) is 3.06. The number of hydrogen-bond acceptors (Lipinski definition) is 5. The molecule has 6 heteroatoms. The molecule has 6 nitrogen and oxygen atoms in total. The molecule has 3 N–H and O–H groups in total. The molecule has 0 spiro atoms. The van der Waals surface area contributed by atoms with Gasteiger partial charge in [-0.25, -0.2) is 4.79 Å². The van der Waals surface area contributed by atoms with Crippen molar-refractivity contribution in [2.75, 3.05) is 0 Å². The Morgan fingerprint density at radius 2 is 1.58 bits per heavy atom. The van der Waals surface area contributed by atoms with E-state index >= 15 is 0 Å². The minimum Gasteiger partial charge on any atom is -0.504 e. The van der Waals surface area contributed by atoms with Crippen LogP contribution in [0.15, 0.2) is 52.7 Å². The lowest BCUT2D eigenvalue weighted by molar-refractivity contribution is 0.0697. The summed E-state index contributed by atoms with van der Waals surface area (Å²) in [6, 6.07) is 10.0. The van der Waals surface area contributed by atoms with E-state index in [0.29, 0.717) is 11.4 Å². The number of hydrogen-bond donors (Lipinski definition) is 3. The second kappa shape index (κ2) is 5.18. The first-order chi connectivity index (χ1) is 9.06. The molecule has 0 atom stereocenters. The Labute approximate surface area is 108 Å². The van der Waals surface area contributed by atoms with Crippen LogP contribution in [0.1, 0.15) is 10.4 Å². The first-order valence-electron chi connectivity index (χ1n) is 5.33. The van der Waals surface area contributed by atoms with E-state index in [1.54, 1.807) is 12.1 Å². The van der Waals surface area contributed by atoms with Gasteiger partial charge in [-0.3, -0.25) is 0 Å². The molecule has 0 bridgehead atoms. The zero-order valence-electron chi connectivity index (χ0n) is 9.69. The highest BCUT2D eigenvalue weighted by Gasteiger charge is 2.03. The van der Waals surface area contributed by atoms with E-state index in [2.05, 4.69) is 10.2 Å². The van der Waals surface area contributed by atoms with Gasteiger partial charge in [0.05, 0.1) is 16.9 Å². The summed E-state index contributed by atoms with van der Waals surface area (Å²) in [5.41, 5.74) is 0.841. The van der Waals surface area contributed by atoms with Gasteiger partial charge in [-0.05, 0) is 30.3 Å². The molecule has 0 heterocycles. The minimum absolute atomic E-state index is 0.116. The number of carboxylic acids is 1. The molecule has 2 aromatic rings. The van der Waals surface area contributed by atoms with Crippen molar-refractivity contribution >= 4 is 17.3 Å². The van der Waals surface area contributed by atoms with Gasteiger partial charge in [0.15, 0.2) is 11.5 Å². The summed E-state index contributed by atoms with van der Waals surface area (Å²) in [6.07, 6.45) is 0. The molecule has 0 aromatic heterocycles. The van der Waals surface area contributed by atoms with Gasteiger partial charge in [0.25, 0.3) is 0 Å². The van der Waals surface area contributed by atoms with Gasteiger partial charge in [0, 0.05) is 6.07 Å². The fourth-order valence-corrected chi connectivity index (χ4v) is 1.39. The molecule has 0 fully saturated rings. The van der Waals surface area contributed by atoms with E-state index < -0.39 is 5.97 Å². The van der Waals surface area contributed by atoms with Crippen LogP contribution >= 0.6 is 0 Å². The summed E-state index contributed by atoms with van der Waals surface area (Å²) in [6.45, 7) is 0. The second-order valence-corrected chi connectivity index (χ2v) is 3.73. The molecule has 0 saturated carbocycles. The average molecular weight is 258 g/mol. The van der Waals surface area contributed by atoms with E-state index in [0.717, 1.165) is 0 Å². The lowest BCUT2D eigenvalue weighted by Gasteiger charge is -1.98. The average Bonchev–Trinajstić information content (AvgIpc) is 2.40. The van der Waals surface area contributed by atoms with E-state index in [-0.39, 0.29) is 17.1 Å². The highest BCUT2D eigenvalue weighted by molar-refractivity contribution is 5.88. The number of azo groups is 1. The Balaban J connectivity index is 2.24. The lowest BCUT2D eigenvalue weighted by Crippen LogP contribution is -1.94. The predicted octanol–water partition coefficient (Wildman–Crippen LogP) is 3.21. The zero-order valence-corrected chi connectivity index (χ0v) is 9.69. The molecule has 0 aliphatic carbocycles. The zero-order chi connectivity index (χ0) is 13.8. The van der Waals surface area contributed by atoms with Crippen LogP contribution in [-0.4, -0.2) is 21.3 Å². The molecule has 0 aliphatic rings. The van der Waals surface area contributed by atoms with Crippen molar-refractivity contribution in [2.24, 2.45) is 10.2 Å². The first kappa shape index (κ1) is 12.6. The Bertz CT molecular complexity index is 653. The summed E-state index contributed by atoms with van der Waals surface area (Å²) in [5, 5.41) is 35.0. The first-order valence-corrected chi connectivity index (χ1v) is 5.33. The number of aromatic carboxylic acids is 1. The molecule has 0 saturated heterocycles. The summed E-state index contributed by atoms with van der Waals surface area (Å²) >= 11 is 0. The van der Waals surface area contributed by atoms with E-state index in [1.807, 2.05) is 0 Å². The molecule has 0 amide bonds. The number of nitrogens with zero attached hydrogens (tertiary/aromatic N) is 2. The number of phenolic OH excluding ortho intramolecular Hbond substituents is 2. The van der Waals surface area contributed by atoms with Crippen LogP contribution in [0.4, 0.5) is 11.4 Å². The monoisotopic (exact) mass is 258 g/mol. The fourth-order valence-electron chi connectivity index (χ4n) is 1.39. The van der Waals surface area contributed by atoms with Crippen molar-refractivity contribution in [1.29, 1.82) is 0 Å². The maximum Gasteiger partial charge on any atom is 0.335 e. The number of rotatable bonds is 3. The molecule has 2 aromatic carbocycles. The molecular weight excluding hydrogens is 248 g/mol. The predicted molar refractivity (Wildman–Crippen MR) is 67.3 cm³/mol. The maximum atomic E-state index is 10.8. The van der Waals surface area contributed by atoms with E-state index in [1.165, 1.54) is 30.3 Å². The van der Waals surface area contributed by atoms with Gasteiger partial charge in [-0.2, -0.15) is 10.2 Å². The third-order valence-corrected chi connectivity index (χ3v) is 2.33. The maximum absolute atomic E-state index is 10.8. The third-order valence-electron chi connectivity index (χ3n) is 2.33. The van der Waals surface area contributed by atoms with Crippen LogP contribution in [0.3, 0.4) is 0 Å². The van der Waals surface area contributed by atoms with Crippen LogP contribution in [0, 0.1) is 0 Å². The number of carboxylic acid groups (broad SMARTS) is 1. The van der Waals surface area contributed by atoms with Crippen LogP contribution in [0.25, 0.3) is 0 Å². The van der Waals surface area contributed by atoms with Gasteiger partial charge in [0.2, 0.25) is 0 Å². The molecule has 0 radical (unpaired) electrons. The summed E-state index contributed by atoms with van der Waals surface area (Å²) in [7, 11) is 0. The highest BCUT2D eigenvalue weighted by Crippen LogP contribution is 2.29. The van der Waals surface area contributed by atoms with Crippen molar-refractivity contribution in [1.82, 2.24) is 0 Å². The number of benzene rings is 2. The number of phenols is 2. The van der Waals surface area contributed by atoms with Gasteiger partial charge >= 0.3 is 5.97 Å². The lowest BCUT2D eigenvalue weighted by atomic mass is 10.2. The standard InChI is InChI=1S/C13H10N2O4/c16-11-5-4-10(7-12(11)17)15-14-9-3-1-2-8(6-9)13(18)19/h1-7,16-17H,(H,18,19)/b15-14+. The molecule has 96 valence electrons. The van der Waals surface area contributed by atoms with Crippen molar-refractivity contribution in [2.45, 2.75) is 0 Å². The Kier molecular flexibility index (Phi) is 3.42. The van der Waals surface area contributed by atoms with Crippen LogP contribution in [0.5, 0.6) is 11.5 Å². The topological polar surface area (TPSA) is 102 Å². The molecule has 0 aliphatic heterocycles. The fraction of sp³-hybridized carbons (Fsp3) is 0. The number of aromatic hydroxyl groups is 2. The molecule has 19 heavy (non-hydrogen) atoms. The Hall–Kier alpha value is -2.89. The van der Waals surface area contributed by atoms with Crippen LogP contribution in [0.2, 0.25) is 0 Å². The summed E-state index contributed by atoms with van der Waals surface area (Å²) in [4.78, 5) is 10.8. The normalized spacial score (nSPS) is 10.7. The van der Waals surface area contributed by atoms with Gasteiger partial charge in [-0.15, -0.1) is 0 Å². The largest absolute Gasteiger partial charge is 0.504 e. The Morgan fingerprint density at radius 3 is 2.21 bits per heavy atom. The Morgan fingerprint density at radius 1 is 0.895 bits per heavy atom. The minimum atomic E-state index is -1.04. The van der Waals surface area contributed by atoms with Gasteiger partial charge in [-0.1, -0.05) is 6.07 Å². The van der Waals surface area contributed by atoms with Crippen molar-refractivity contribution in [3.05, 3.63) is 48.0 Å². The van der Waals surface area contributed by atoms with E-state index in [4.69, 9.17) is 10.2 Å². The SMILES string of the molecule is O=C(O)c1cccc(/N=N/c2ccc(O)c(O)c2)c1. The summed E-state index contributed by atoms with van der Waals surface area (Å²) < 4.78 is 0. The molecular formula is C13H10N2O4. The molecule has 2 rings (SSSR count). The van der Waals surface area contributed by atoms with Gasteiger partial charge in [0.1, 0.15) is 0 Å². The van der Waals surface area contributed by atoms with Crippen molar-refractivity contribution < 1.29 is 20.1 Å². The molecule has 0 unspecified atom stereocenters. The van der Waals surface area contributed by atoms with Gasteiger partial charge < -0.3 is 15.3 Å². The van der Waals surface area contributed by atoms with Crippen LogP contribution < -0.4 is 0 Å². The van der Waals surface area contributed by atoms with E-state index in [9.17, 15) is 9.90 Å². The summed E-state index contributed by atoms with van der Waals surface area (Å²) in [5.74, 6) is -1.58. The number of carbonyl (C=O) groups is 1. The quantitative estimate of drug-likeness (QED) is 0.581. The van der Waals surface area contributed by atoms with Crippen LogP contribution in [-0.2, 0) is 0 Å². The van der Waals surface area contributed by atoms with Crippen molar-refractivity contribution in [3.8, 4) is 11.5 Å².